The van der Waals surface area contributed by atoms with Crippen LogP contribution in [0.25, 0.3) is 11.0 Å². The highest BCUT2D eigenvalue weighted by atomic mass is 35.5. The average molecular weight is 260 g/mol. The van der Waals surface area contributed by atoms with Gasteiger partial charge in [-0.25, -0.2) is 9.97 Å². The Morgan fingerprint density at radius 2 is 2.11 bits per heavy atom. The van der Waals surface area contributed by atoms with E-state index in [9.17, 15) is 0 Å². The van der Waals surface area contributed by atoms with Crippen LogP contribution in [0.15, 0.2) is 47.3 Å². The molecule has 1 unspecified atom stereocenters. The number of halogens is 1. The molecule has 3 aromatic rings. The SMILES string of the molecule is NC(c1ccncn1)c1cc2cc(Cl)ccc2o1. The van der Waals surface area contributed by atoms with Crippen LogP contribution in [-0.2, 0) is 0 Å². The monoisotopic (exact) mass is 259 g/mol. The number of hydrogen-bond acceptors (Lipinski definition) is 4. The van der Waals surface area contributed by atoms with Crippen LogP contribution in [-0.4, -0.2) is 9.97 Å². The summed E-state index contributed by atoms with van der Waals surface area (Å²) in [7, 11) is 0. The predicted octanol–water partition coefficient (Wildman–Crippen LogP) is 2.92. The van der Waals surface area contributed by atoms with Gasteiger partial charge in [0.15, 0.2) is 0 Å². The van der Waals surface area contributed by atoms with E-state index in [1.54, 1.807) is 18.3 Å². The molecular formula is C13H10ClN3O. The van der Waals surface area contributed by atoms with Crippen molar-refractivity contribution in [2.24, 2.45) is 5.73 Å². The van der Waals surface area contributed by atoms with Gasteiger partial charge < -0.3 is 10.2 Å². The van der Waals surface area contributed by atoms with E-state index < -0.39 is 6.04 Å². The predicted molar refractivity (Wildman–Crippen MR) is 69.3 cm³/mol. The van der Waals surface area contributed by atoms with Crippen molar-refractivity contribution in [1.29, 1.82) is 0 Å². The number of benzene rings is 1. The fraction of sp³-hybridized carbons (Fsp3) is 0.0769. The van der Waals surface area contributed by atoms with E-state index in [-0.39, 0.29) is 0 Å². The minimum Gasteiger partial charge on any atom is -0.459 e. The largest absolute Gasteiger partial charge is 0.459 e. The molecule has 1 aromatic carbocycles. The molecule has 2 aromatic heterocycles. The third kappa shape index (κ3) is 1.96. The van der Waals surface area contributed by atoms with Crippen molar-refractivity contribution >= 4 is 22.6 Å². The van der Waals surface area contributed by atoms with Gasteiger partial charge in [-0.2, -0.15) is 0 Å². The fourth-order valence-electron chi connectivity index (χ4n) is 1.82. The van der Waals surface area contributed by atoms with Crippen LogP contribution < -0.4 is 5.73 Å². The van der Waals surface area contributed by atoms with Crippen molar-refractivity contribution in [2.45, 2.75) is 6.04 Å². The number of nitrogens with two attached hydrogens (primary N) is 1. The minimum atomic E-state index is -0.404. The zero-order valence-corrected chi connectivity index (χ0v) is 10.1. The normalized spacial score (nSPS) is 12.8. The molecule has 0 spiro atoms. The van der Waals surface area contributed by atoms with Crippen molar-refractivity contribution in [3.05, 3.63) is 59.3 Å². The first-order valence-corrected chi connectivity index (χ1v) is 5.82. The van der Waals surface area contributed by atoms with Gasteiger partial charge in [0.05, 0.1) is 5.69 Å². The summed E-state index contributed by atoms with van der Waals surface area (Å²) < 4.78 is 5.70. The Kier molecular flexibility index (Phi) is 2.74. The molecule has 0 bridgehead atoms. The molecule has 90 valence electrons. The fourth-order valence-corrected chi connectivity index (χ4v) is 2.00. The molecule has 2 heterocycles. The summed E-state index contributed by atoms with van der Waals surface area (Å²) in [6.07, 6.45) is 3.12. The highest BCUT2D eigenvalue weighted by Crippen LogP contribution is 2.27. The summed E-state index contributed by atoms with van der Waals surface area (Å²) in [6, 6.07) is 8.70. The Hall–Kier alpha value is -1.91. The van der Waals surface area contributed by atoms with Gasteiger partial charge in [-0.3, -0.25) is 0 Å². The summed E-state index contributed by atoms with van der Waals surface area (Å²) in [6.45, 7) is 0. The number of nitrogens with zero attached hydrogens (tertiary/aromatic N) is 2. The summed E-state index contributed by atoms with van der Waals surface area (Å²) in [4.78, 5) is 7.98. The smallest absolute Gasteiger partial charge is 0.134 e. The summed E-state index contributed by atoms with van der Waals surface area (Å²) in [5.74, 6) is 0.658. The molecular weight excluding hydrogens is 250 g/mol. The molecule has 18 heavy (non-hydrogen) atoms. The van der Waals surface area contributed by atoms with E-state index in [0.717, 1.165) is 16.7 Å². The lowest BCUT2D eigenvalue weighted by Crippen LogP contribution is -2.12. The standard InChI is InChI=1S/C13H10ClN3O/c14-9-1-2-11-8(5-9)6-12(18-11)13(15)10-3-4-16-7-17-10/h1-7,13H,15H2. The number of furan rings is 1. The first-order valence-electron chi connectivity index (χ1n) is 5.44. The maximum atomic E-state index is 6.10. The summed E-state index contributed by atoms with van der Waals surface area (Å²) >= 11 is 5.93. The van der Waals surface area contributed by atoms with Crippen molar-refractivity contribution in [3.8, 4) is 0 Å². The molecule has 3 rings (SSSR count). The maximum absolute atomic E-state index is 6.10. The van der Waals surface area contributed by atoms with Crippen molar-refractivity contribution < 1.29 is 4.42 Å². The molecule has 0 aliphatic rings. The molecule has 0 aliphatic heterocycles. The molecule has 0 saturated carbocycles. The molecule has 0 amide bonds. The quantitative estimate of drug-likeness (QED) is 0.768. The average Bonchev–Trinajstić information content (AvgIpc) is 2.81. The van der Waals surface area contributed by atoms with Gasteiger partial charge in [0, 0.05) is 16.6 Å². The first kappa shape index (κ1) is 11.2. The van der Waals surface area contributed by atoms with Crippen LogP contribution in [0.4, 0.5) is 0 Å². The van der Waals surface area contributed by atoms with E-state index in [0.29, 0.717) is 10.8 Å². The zero-order valence-electron chi connectivity index (χ0n) is 9.38. The summed E-state index contributed by atoms with van der Waals surface area (Å²) in [5.41, 5.74) is 7.58. The van der Waals surface area contributed by atoms with Crippen molar-refractivity contribution in [1.82, 2.24) is 9.97 Å². The second kappa shape index (κ2) is 4.40. The van der Waals surface area contributed by atoms with Crippen LogP contribution in [0.1, 0.15) is 17.5 Å². The lowest BCUT2D eigenvalue weighted by molar-refractivity contribution is 0.520. The lowest BCUT2D eigenvalue weighted by Gasteiger charge is -2.06. The molecule has 1 atom stereocenters. The van der Waals surface area contributed by atoms with E-state index >= 15 is 0 Å². The Bertz CT molecular complexity index is 681. The molecule has 0 radical (unpaired) electrons. The van der Waals surface area contributed by atoms with E-state index in [1.807, 2.05) is 18.2 Å². The second-order valence-electron chi connectivity index (χ2n) is 3.94. The minimum absolute atomic E-state index is 0.404. The maximum Gasteiger partial charge on any atom is 0.134 e. The van der Waals surface area contributed by atoms with Gasteiger partial charge in [-0.15, -0.1) is 0 Å². The van der Waals surface area contributed by atoms with Gasteiger partial charge in [0.25, 0.3) is 0 Å². The Balaban J connectivity index is 2.04. The van der Waals surface area contributed by atoms with Crippen LogP contribution >= 0.6 is 11.6 Å². The van der Waals surface area contributed by atoms with Gasteiger partial charge in [0.2, 0.25) is 0 Å². The van der Waals surface area contributed by atoms with E-state index in [1.165, 1.54) is 6.33 Å². The van der Waals surface area contributed by atoms with Crippen LogP contribution in [0, 0.1) is 0 Å². The molecule has 0 aliphatic carbocycles. The topological polar surface area (TPSA) is 64.9 Å². The first-order chi connectivity index (χ1) is 8.74. The van der Waals surface area contributed by atoms with Crippen LogP contribution in [0.5, 0.6) is 0 Å². The third-order valence-electron chi connectivity index (χ3n) is 2.73. The number of fused-ring (bicyclic) bond motifs is 1. The highest BCUT2D eigenvalue weighted by molar-refractivity contribution is 6.31. The molecule has 5 heteroatoms. The Labute approximate surface area is 108 Å². The molecule has 0 saturated heterocycles. The van der Waals surface area contributed by atoms with E-state index in [2.05, 4.69) is 9.97 Å². The van der Waals surface area contributed by atoms with Crippen LogP contribution in [0.3, 0.4) is 0 Å². The van der Waals surface area contributed by atoms with Gasteiger partial charge in [0.1, 0.15) is 23.7 Å². The highest BCUT2D eigenvalue weighted by Gasteiger charge is 2.15. The van der Waals surface area contributed by atoms with Gasteiger partial charge in [-0.1, -0.05) is 11.6 Å². The van der Waals surface area contributed by atoms with Crippen molar-refractivity contribution in [2.75, 3.05) is 0 Å². The Morgan fingerprint density at radius 1 is 1.22 bits per heavy atom. The number of hydrogen-bond donors (Lipinski definition) is 1. The van der Waals surface area contributed by atoms with Crippen LogP contribution in [0.2, 0.25) is 5.02 Å². The summed E-state index contributed by atoms with van der Waals surface area (Å²) in [5, 5.41) is 1.60. The van der Waals surface area contributed by atoms with Crippen molar-refractivity contribution in [3.63, 3.8) is 0 Å². The lowest BCUT2D eigenvalue weighted by atomic mass is 10.1. The molecule has 4 nitrogen and oxygen atoms in total. The third-order valence-corrected chi connectivity index (χ3v) is 2.96. The zero-order chi connectivity index (χ0) is 12.5. The van der Waals surface area contributed by atoms with E-state index in [4.69, 9.17) is 21.8 Å². The van der Waals surface area contributed by atoms with Gasteiger partial charge >= 0.3 is 0 Å². The molecule has 2 N–H and O–H groups in total. The Morgan fingerprint density at radius 3 is 2.89 bits per heavy atom. The number of rotatable bonds is 2. The number of aromatic nitrogens is 2. The second-order valence-corrected chi connectivity index (χ2v) is 4.38. The molecule has 0 fully saturated rings. The van der Waals surface area contributed by atoms with Gasteiger partial charge in [-0.05, 0) is 30.3 Å².